The van der Waals surface area contributed by atoms with Gasteiger partial charge in [-0.3, -0.25) is 14.4 Å². The van der Waals surface area contributed by atoms with Gasteiger partial charge in [-0.15, -0.1) is 10.2 Å². The Balaban J connectivity index is 1.51. The minimum atomic E-state index is -0.984. The van der Waals surface area contributed by atoms with Crippen LogP contribution in [0.5, 0.6) is 0 Å². The molecule has 1 aliphatic heterocycles. The number of hydrogen-bond donors (Lipinski definition) is 3. The van der Waals surface area contributed by atoms with Gasteiger partial charge in [0.2, 0.25) is 11.8 Å². The first kappa shape index (κ1) is 26.6. The number of carbonyl (C=O) groups is 3. The highest BCUT2D eigenvalue weighted by Gasteiger charge is 2.42. The maximum Gasteiger partial charge on any atom is 0.258 e. The fraction of sp³-hybridized carbons (Fsp3) is 0.179. The van der Waals surface area contributed by atoms with Crippen LogP contribution in [-0.2, 0) is 16.0 Å². The molecule has 0 unspecified atom stereocenters. The summed E-state index contributed by atoms with van der Waals surface area (Å²) in [5, 5.41) is 14.5. The average molecular weight is 561 g/mol. The number of nitrogens with one attached hydrogen (secondary N) is 2. The summed E-state index contributed by atoms with van der Waals surface area (Å²) < 4.78 is 1.39. The van der Waals surface area contributed by atoms with Gasteiger partial charge in [0.25, 0.3) is 5.91 Å². The Morgan fingerprint density at radius 1 is 0.974 bits per heavy atom. The van der Waals surface area contributed by atoms with Crippen molar-refractivity contribution in [3.8, 4) is 11.4 Å². The Bertz CT molecular complexity index is 1500. The van der Waals surface area contributed by atoms with E-state index in [1.54, 1.807) is 24.3 Å². The van der Waals surface area contributed by atoms with Gasteiger partial charge in [0.05, 0.1) is 16.8 Å². The van der Waals surface area contributed by atoms with E-state index in [2.05, 4.69) is 20.8 Å². The molecule has 5 rings (SSSR count). The van der Waals surface area contributed by atoms with E-state index in [1.165, 1.54) is 16.3 Å². The monoisotopic (exact) mass is 560 g/mol. The maximum absolute atomic E-state index is 14.1. The maximum atomic E-state index is 14.1. The second kappa shape index (κ2) is 11.8. The van der Waals surface area contributed by atoms with Crippen molar-refractivity contribution in [2.75, 3.05) is 6.54 Å². The van der Waals surface area contributed by atoms with Crippen molar-refractivity contribution in [1.82, 2.24) is 25.4 Å². The quantitative estimate of drug-likeness (QED) is 0.301. The van der Waals surface area contributed by atoms with Crippen LogP contribution in [0.15, 0.2) is 90.1 Å². The van der Waals surface area contributed by atoms with Gasteiger partial charge in [-0.05, 0) is 23.3 Å². The van der Waals surface area contributed by atoms with E-state index in [-0.39, 0.29) is 18.8 Å². The lowest BCUT2D eigenvalue weighted by atomic mass is 10.0. The average Bonchev–Trinajstić information content (AvgIpc) is 3.39. The zero-order valence-electron chi connectivity index (χ0n) is 20.7. The summed E-state index contributed by atoms with van der Waals surface area (Å²) in [5.41, 5.74) is 7.74. The topological polar surface area (TPSA) is 132 Å². The Kier molecular flexibility index (Phi) is 8.06. The van der Waals surface area contributed by atoms with Gasteiger partial charge in [-0.2, -0.15) is 0 Å². The molecule has 0 bridgehead atoms. The van der Waals surface area contributed by atoms with E-state index in [0.29, 0.717) is 15.7 Å². The van der Waals surface area contributed by atoms with Crippen LogP contribution in [-0.4, -0.2) is 51.1 Å². The highest BCUT2D eigenvalue weighted by atomic mass is 35.5. The number of rotatable bonds is 8. The Morgan fingerprint density at radius 3 is 2.33 bits per heavy atom. The van der Waals surface area contributed by atoms with Gasteiger partial charge >= 0.3 is 0 Å². The minimum Gasteiger partial charge on any atom is -0.343 e. The summed E-state index contributed by atoms with van der Waals surface area (Å²) in [5.74, 6) is -1.10. The lowest BCUT2D eigenvalue weighted by Crippen LogP contribution is -2.56. The number of amides is 2. The first-order valence-electron chi connectivity index (χ1n) is 12.3. The first-order valence-corrected chi connectivity index (χ1v) is 13.5. The number of nitrogens with two attached hydrogens (primary N) is 1. The third-order valence-electron chi connectivity index (χ3n) is 6.32. The third-order valence-corrected chi connectivity index (χ3v) is 7.92. The standard InChI is InChI=1S/C28H25ClN6O3S/c29-20-14-8-7-13-19(20)25-33-34-28-35(25)27(38)23(24(39-28)18-11-5-2-6-12-18)32-26(37)21(31-22(36)16-30)15-17-9-3-1-4-10-17/h1-14,21,23-24H,15-16,30H2,(H,31,36)(H,32,37)/t21-,23-,24+/m0/s1. The molecule has 0 saturated carbocycles. The summed E-state index contributed by atoms with van der Waals surface area (Å²) in [6, 6.07) is 23.8. The predicted molar refractivity (Wildman–Crippen MR) is 149 cm³/mol. The second-order valence-corrected chi connectivity index (χ2v) is 10.4. The fourth-order valence-electron chi connectivity index (χ4n) is 4.42. The SMILES string of the molecule is NCC(=O)N[C@@H](Cc1ccccc1)C(=O)N[C@@H]1C(=O)n2c(nnc2-c2ccccc2Cl)S[C@@H]1c1ccccc1. The van der Waals surface area contributed by atoms with Gasteiger partial charge in [0.15, 0.2) is 11.0 Å². The number of hydrogen-bond acceptors (Lipinski definition) is 7. The number of aromatic nitrogens is 3. The lowest BCUT2D eigenvalue weighted by molar-refractivity contribution is -0.128. The molecule has 0 spiro atoms. The van der Waals surface area contributed by atoms with Crippen LogP contribution < -0.4 is 16.4 Å². The number of benzene rings is 3. The fourth-order valence-corrected chi connectivity index (χ4v) is 5.85. The molecule has 39 heavy (non-hydrogen) atoms. The first-order chi connectivity index (χ1) is 19.0. The van der Waals surface area contributed by atoms with Crippen LogP contribution in [0.25, 0.3) is 11.4 Å². The van der Waals surface area contributed by atoms with Gasteiger partial charge in [-0.25, -0.2) is 4.57 Å². The molecule has 0 radical (unpaired) electrons. The smallest absolute Gasteiger partial charge is 0.258 e. The Hall–Kier alpha value is -3.99. The molecule has 1 aliphatic rings. The lowest BCUT2D eigenvalue weighted by Gasteiger charge is -2.32. The van der Waals surface area contributed by atoms with Crippen LogP contribution in [0, 0.1) is 0 Å². The van der Waals surface area contributed by atoms with Gasteiger partial charge in [0, 0.05) is 12.0 Å². The molecule has 3 atom stereocenters. The highest BCUT2D eigenvalue weighted by Crippen LogP contribution is 2.43. The number of fused-ring (bicyclic) bond motifs is 1. The predicted octanol–water partition coefficient (Wildman–Crippen LogP) is 3.26. The normalized spacial score (nSPS) is 17.2. The van der Waals surface area contributed by atoms with E-state index < -0.39 is 35.1 Å². The van der Waals surface area contributed by atoms with E-state index in [9.17, 15) is 14.4 Å². The van der Waals surface area contributed by atoms with Crippen LogP contribution in [0.2, 0.25) is 5.02 Å². The van der Waals surface area contributed by atoms with Crippen molar-refractivity contribution in [2.45, 2.75) is 28.9 Å². The van der Waals surface area contributed by atoms with Crippen molar-refractivity contribution < 1.29 is 14.4 Å². The molecule has 0 aliphatic carbocycles. The van der Waals surface area contributed by atoms with Crippen molar-refractivity contribution in [1.29, 1.82) is 0 Å². The molecule has 11 heteroatoms. The molecule has 1 aromatic heterocycles. The molecule has 2 amide bonds. The van der Waals surface area contributed by atoms with Gasteiger partial charge in [-0.1, -0.05) is 96.2 Å². The van der Waals surface area contributed by atoms with Crippen LogP contribution in [0.3, 0.4) is 0 Å². The minimum absolute atomic E-state index is 0.227. The van der Waals surface area contributed by atoms with E-state index >= 15 is 0 Å². The zero-order valence-corrected chi connectivity index (χ0v) is 22.2. The number of carbonyl (C=O) groups excluding carboxylic acids is 3. The zero-order chi connectivity index (χ0) is 27.4. The van der Waals surface area contributed by atoms with Crippen molar-refractivity contribution in [2.24, 2.45) is 5.73 Å². The summed E-state index contributed by atoms with van der Waals surface area (Å²) in [4.78, 5) is 39.9. The Morgan fingerprint density at radius 2 is 1.64 bits per heavy atom. The Labute approximate surface area is 234 Å². The molecule has 0 fully saturated rings. The number of halogens is 1. The van der Waals surface area contributed by atoms with Gasteiger partial charge < -0.3 is 16.4 Å². The highest BCUT2D eigenvalue weighted by molar-refractivity contribution is 7.99. The molecular formula is C28H25ClN6O3S. The second-order valence-electron chi connectivity index (χ2n) is 8.91. The number of nitrogens with zero attached hydrogens (tertiary/aromatic N) is 3. The summed E-state index contributed by atoms with van der Waals surface area (Å²) in [6.45, 7) is -0.269. The molecule has 4 N–H and O–H groups in total. The molecule has 9 nitrogen and oxygen atoms in total. The van der Waals surface area contributed by atoms with E-state index in [0.717, 1.165) is 11.1 Å². The molecule has 3 aromatic carbocycles. The van der Waals surface area contributed by atoms with Gasteiger partial charge in [0.1, 0.15) is 12.1 Å². The molecule has 2 heterocycles. The van der Waals surface area contributed by atoms with E-state index in [1.807, 2.05) is 60.7 Å². The van der Waals surface area contributed by atoms with Crippen molar-refractivity contribution in [3.63, 3.8) is 0 Å². The van der Waals surface area contributed by atoms with Crippen molar-refractivity contribution >= 4 is 41.1 Å². The van der Waals surface area contributed by atoms with Crippen LogP contribution >= 0.6 is 23.4 Å². The summed E-state index contributed by atoms with van der Waals surface area (Å²) in [7, 11) is 0. The molecule has 4 aromatic rings. The molecule has 198 valence electrons. The van der Waals surface area contributed by atoms with Crippen LogP contribution in [0.1, 0.15) is 21.2 Å². The largest absolute Gasteiger partial charge is 0.343 e. The molecular weight excluding hydrogens is 536 g/mol. The summed E-state index contributed by atoms with van der Waals surface area (Å²) in [6.07, 6.45) is 0.227. The van der Waals surface area contributed by atoms with E-state index in [4.69, 9.17) is 17.3 Å². The summed E-state index contributed by atoms with van der Waals surface area (Å²) >= 11 is 7.74. The molecule has 0 saturated heterocycles. The van der Waals surface area contributed by atoms with Crippen molar-refractivity contribution in [3.05, 3.63) is 101 Å². The number of thioether (sulfide) groups is 1. The van der Waals surface area contributed by atoms with Crippen LogP contribution in [0.4, 0.5) is 0 Å². The third kappa shape index (κ3) is 5.73.